The molecule has 2 aliphatic heterocycles. The molecule has 1 aromatic carbocycles. The molecule has 6 nitrogen and oxygen atoms in total. The molecule has 0 saturated carbocycles. The molecule has 0 bridgehead atoms. The van der Waals surface area contributed by atoms with E-state index >= 15 is 0 Å². The average Bonchev–Trinajstić information content (AvgIpc) is 3.25. The number of nitrogens with zero attached hydrogens (tertiary/aromatic N) is 4. The summed E-state index contributed by atoms with van der Waals surface area (Å²) in [6.45, 7) is 3.26. The standard InChI is InChI=1S/C18H22N4O2S/c1-13-5-7-14(8-6-13)11-21-18(24)22-15(3-2-4-16(22)19-21)17(23)20-9-10-25-12-20/h5-8,15H,2-4,9-12H2,1H3. The van der Waals surface area contributed by atoms with Gasteiger partial charge in [0, 0.05) is 18.7 Å². The summed E-state index contributed by atoms with van der Waals surface area (Å²) in [5.41, 5.74) is 2.07. The maximum Gasteiger partial charge on any atom is 0.346 e. The molecule has 2 aromatic rings. The number of carbonyl (C=O) groups is 1. The zero-order valence-electron chi connectivity index (χ0n) is 14.4. The third kappa shape index (κ3) is 3.13. The summed E-state index contributed by atoms with van der Waals surface area (Å²) >= 11 is 1.76. The quantitative estimate of drug-likeness (QED) is 0.840. The molecular formula is C18H22N4O2S. The van der Waals surface area contributed by atoms with Crippen molar-refractivity contribution in [1.29, 1.82) is 0 Å². The Labute approximate surface area is 150 Å². The summed E-state index contributed by atoms with van der Waals surface area (Å²) in [6.07, 6.45) is 2.39. The molecule has 0 radical (unpaired) electrons. The molecule has 1 amide bonds. The van der Waals surface area contributed by atoms with Crippen LogP contribution in [0, 0.1) is 6.92 Å². The minimum absolute atomic E-state index is 0.0722. The molecule has 25 heavy (non-hydrogen) atoms. The minimum atomic E-state index is -0.387. The summed E-state index contributed by atoms with van der Waals surface area (Å²) in [5, 5.41) is 4.52. The number of fused-ring (bicyclic) bond motifs is 1. The lowest BCUT2D eigenvalue weighted by molar-refractivity contribution is -0.133. The molecule has 3 heterocycles. The van der Waals surface area contributed by atoms with Gasteiger partial charge < -0.3 is 4.90 Å². The van der Waals surface area contributed by atoms with Crippen LogP contribution in [0.3, 0.4) is 0 Å². The minimum Gasteiger partial charge on any atom is -0.331 e. The number of benzene rings is 1. The summed E-state index contributed by atoms with van der Waals surface area (Å²) in [7, 11) is 0. The first-order valence-corrected chi connectivity index (χ1v) is 9.89. The lowest BCUT2D eigenvalue weighted by atomic mass is 10.0. The lowest BCUT2D eigenvalue weighted by Gasteiger charge is -2.26. The van der Waals surface area contributed by atoms with E-state index in [0.29, 0.717) is 6.54 Å². The molecule has 1 aromatic heterocycles. The molecule has 7 heteroatoms. The van der Waals surface area contributed by atoms with E-state index in [1.54, 1.807) is 16.3 Å². The Bertz CT molecular complexity index is 834. The third-order valence-corrected chi connectivity index (χ3v) is 5.90. The largest absolute Gasteiger partial charge is 0.346 e. The second-order valence-electron chi connectivity index (χ2n) is 6.76. The number of aromatic nitrogens is 3. The van der Waals surface area contributed by atoms with Crippen molar-refractivity contribution in [3.8, 4) is 0 Å². The van der Waals surface area contributed by atoms with Gasteiger partial charge in [-0.3, -0.25) is 9.36 Å². The number of hydrogen-bond donors (Lipinski definition) is 0. The van der Waals surface area contributed by atoms with E-state index < -0.39 is 0 Å². The zero-order chi connectivity index (χ0) is 17.4. The smallest absolute Gasteiger partial charge is 0.331 e. The van der Waals surface area contributed by atoms with Gasteiger partial charge in [0.05, 0.1) is 12.4 Å². The molecule has 0 aliphatic carbocycles. The molecule has 1 unspecified atom stereocenters. The summed E-state index contributed by atoms with van der Waals surface area (Å²) < 4.78 is 3.15. The molecular weight excluding hydrogens is 336 g/mol. The van der Waals surface area contributed by atoms with Crippen LogP contribution < -0.4 is 5.69 Å². The van der Waals surface area contributed by atoms with E-state index in [2.05, 4.69) is 5.10 Å². The molecule has 1 saturated heterocycles. The first-order valence-electron chi connectivity index (χ1n) is 8.74. The van der Waals surface area contributed by atoms with Gasteiger partial charge in [0.25, 0.3) is 0 Å². The van der Waals surface area contributed by atoms with E-state index in [1.165, 1.54) is 10.2 Å². The van der Waals surface area contributed by atoms with Crippen LogP contribution in [0.15, 0.2) is 29.1 Å². The second kappa shape index (κ2) is 6.71. The van der Waals surface area contributed by atoms with Gasteiger partial charge in [-0.2, -0.15) is 5.10 Å². The Balaban J connectivity index is 1.63. The van der Waals surface area contributed by atoms with Gasteiger partial charge in [0.15, 0.2) is 0 Å². The van der Waals surface area contributed by atoms with Crippen molar-refractivity contribution in [1.82, 2.24) is 19.2 Å². The fourth-order valence-corrected chi connectivity index (χ4v) is 4.49. The first kappa shape index (κ1) is 16.4. The highest BCUT2D eigenvalue weighted by atomic mass is 32.2. The Kier molecular flexibility index (Phi) is 4.41. The van der Waals surface area contributed by atoms with E-state index in [9.17, 15) is 9.59 Å². The van der Waals surface area contributed by atoms with Crippen LogP contribution >= 0.6 is 11.8 Å². The highest BCUT2D eigenvalue weighted by Gasteiger charge is 2.34. The van der Waals surface area contributed by atoms with Crippen molar-refractivity contribution < 1.29 is 4.79 Å². The number of aryl methyl sites for hydroxylation is 2. The molecule has 4 rings (SSSR count). The first-order chi connectivity index (χ1) is 12.1. The fraction of sp³-hybridized carbons (Fsp3) is 0.500. The maximum atomic E-state index is 12.9. The van der Waals surface area contributed by atoms with Gasteiger partial charge in [-0.1, -0.05) is 29.8 Å². The Morgan fingerprint density at radius 2 is 2.12 bits per heavy atom. The Hall–Kier alpha value is -2.02. The normalized spacial score (nSPS) is 19.9. The topological polar surface area (TPSA) is 60.1 Å². The molecule has 2 aliphatic rings. The van der Waals surface area contributed by atoms with Crippen LogP contribution in [0.1, 0.15) is 35.8 Å². The van der Waals surface area contributed by atoms with Crippen LogP contribution in [-0.4, -0.2) is 43.3 Å². The third-order valence-electron chi connectivity index (χ3n) is 4.93. The molecule has 1 atom stereocenters. The SMILES string of the molecule is Cc1ccc(Cn2nc3n(c2=O)C(C(=O)N2CCSC2)CCC3)cc1. The molecule has 1 fully saturated rings. The van der Waals surface area contributed by atoms with Crippen LogP contribution in [0.4, 0.5) is 0 Å². The Morgan fingerprint density at radius 3 is 2.84 bits per heavy atom. The lowest BCUT2D eigenvalue weighted by Crippen LogP contribution is -2.41. The van der Waals surface area contributed by atoms with Crippen LogP contribution in [-0.2, 0) is 17.8 Å². The van der Waals surface area contributed by atoms with Crippen LogP contribution in [0.5, 0.6) is 0 Å². The van der Waals surface area contributed by atoms with Gasteiger partial charge in [-0.25, -0.2) is 9.48 Å². The number of hydrogen-bond acceptors (Lipinski definition) is 4. The average molecular weight is 358 g/mol. The van der Waals surface area contributed by atoms with Gasteiger partial charge in [-0.05, 0) is 25.3 Å². The van der Waals surface area contributed by atoms with Crippen molar-refractivity contribution >= 4 is 17.7 Å². The molecule has 0 N–H and O–H groups in total. The highest BCUT2D eigenvalue weighted by molar-refractivity contribution is 7.99. The van der Waals surface area contributed by atoms with Crippen molar-refractivity contribution in [2.24, 2.45) is 0 Å². The number of amides is 1. The molecule has 132 valence electrons. The van der Waals surface area contributed by atoms with E-state index in [1.807, 2.05) is 36.1 Å². The van der Waals surface area contributed by atoms with E-state index in [-0.39, 0.29) is 17.6 Å². The number of rotatable bonds is 3. The number of carbonyl (C=O) groups excluding carboxylic acids is 1. The maximum absolute atomic E-state index is 12.9. The summed E-state index contributed by atoms with van der Waals surface area (Å²) in [5.74, 6) is 2.53. The molecule has 0 spiro atoms. The van der Waals surface area contributed by atoms with Gasteiger partial charge in [0.2, 0.25) is 5.91 Å². The van der Waals surface area contributed by atoms with Gasteiger partial charge in [-0.15, -0.1) is 11.8 Å². The van der Waals surface area contributed by atoms with E-state index in [4.69, 9.17) is 0 Å². The van der Waals surface area contributed by atoms with Gasteiger partial charge in [0.1, 0.15) is 11.9 Å². The summed E-state index contributed by atoms with van der Waals surface area (Å²) in [4.78, 5) is 27.6. The van der Waals surface area contributed by atoms with Gasteiger partial charge >= 0.3 is 5.69 Å². The highest BCUT2D eigenvalue weighted by Crippen LogP contribution is 2.26. The van der Waals surface area contributed by atoms with Crippen LogP contribution in [0.2, 0.25) is 0 Å². The summed E-state index contributed by atoms with van der Waals surface area (Å²) in [6, 6.07) is 7.72. The van der Waals surface area contributed by atoms with Crippen molar-refractivity contribution in [2.75, 3.05) is 18.2 Å². The monoisotopic (exact) mass is 358 g/mol. The fourth-order valence-electron chi connectivity index (χ4n) is 3.53. The zero-order valence-corrected chi connectivity index (χ0v) is 15.2. The number of thioether (sulfide) groups is 1. The van der Waals surface area contributed by atoms with Crippen molar-refractivity contribution in [3.05, 3.63) is 51.7 Å². The second-order valence-corrected chi connectivity index (χ2v) is 7.83. The predicted octanol–water partition coefficient (Wildman–Crippen LogP) is 1.81. The Morgan fingerprint density at radius 1 is 1.32 bits per heavy atom. The van der Waals surface area contributed by atoms with Crippen LogP contribution in [0.25, 0.3) is 0 Å². The van der Waals surface area contributed by atoms with E-state index in [0.717, 1.165) is 48.8 Å². The van der Waals surface area contributed by atoms with Crippen molar-refractivity contribution in [2.45, 2.75) is 38.8 Å². The van der Waals surface area contributed by atoms with Crippen molar-refractivity contribution in [3.63, 3.8) is 0 Å². The predicted molar refractivity (Wildman–Crippen MR) is 97.8 cm³/mol.